The average Bonchev–Trinajstić information content (AvgIpc) is 2.76. The summed E-state index contributed by atoms with van der Waals surface area (Å²) in [5.74, 6) is 0.382. The Balaban J connectivity index is 2.10. The molecule has 1 heterocycles. The molecule has 4 nitrogen and oxygen atoms in total. The van der Waals surface area contributed by atoms with E-state index >= 15 is 0 Å². The zero-order chi connectivity index (χ0) is 14.6. The number of hydrogen-bond acceptors (Lipinski definition) is 4. The van der Waals surface area contributed by atoms with Crippen molar-refractivity contribution in [3.8, 4) is 0 Å². The maximum atomic E-state index is 12.1. The largest absolute Gasteiger partial charge is 0.352 e. The van der Waals surface area contributed by atoms with Crippen molar-refractivity contribution in [2.75, 3.05) is 18.1 Å². The number of thioether (sulfide) groups is 1. The van der Waals surface area contributed by atoms with E-state index in [4.69, 9.17) is 0 Å². The number of nitrogens with one attached hydrogen (secondary N) is 1. The molecule has 1 saturated heterocycles. The molecule has 1 N–H and O–H groups in total. The lowest BCUT2D eigenvalue weighted by molar-refractivity contribution is 0.0950. The van der Waals surface area contributed by atoms with Crippen LogP contribution >= 0.6 is 11.8 Å². The van der Waals surface area contributed by atoms with Crippen LogP contribution < -0.4 is 5.32 Å². The van der Waals surface area contributed by atoms with Crippen molar-refractivity contribution < 1.29 is 13.2 Å². The molecule has 0 radical (unpaired) electrons. The number of carbonyl (C=O) groups is 1. The van der Waals surface area contributed by atoms with E-state index < -0.39 is 9.84 Å². The molecule has 1 atom stereocenters. The fourth-order valence-corrected chi connectivity index (χ4v) is 5.75. The summed E-state index contributed by atoms with van der Waals surface area (Å²) in [5, 5.41) is 2.92. The van der Waals surface area contributed by atoms with Gasteiger partial charge in [0.15, 0.2) is 9.84 Å². The first-order valence-corrected chi connectivity index (χ1v) is 9.46. The van der Waals surface area contributed by atoms with Crippen LogP contribution in [0.3, 0.4) is 0 Å². The van der Waals surface area contributed by atoms with Crippen LogP contribution in [0.5, 0.6) is 0 Å². The monoisotopic (exact) mass is 313 g/mol. The number of hydrogen-bond donors (Lipinski definition) is 1. The zero-order valence-corrected chi connectivity index (χ0v) is 13.1. The number of benzene rings is 1. The first-order chi connectivity index (χ1) is 9.52. The van der Waals surface area contributed by atoms with E-state index in [9.17, 15) is 13.2 Å². The van der Waals surface area contributed by atoms with Gasteiger partial charge in [0, 0.05) is 16.7 Å². The highest BCUT2D eigenvalue weighted by Gasteiger charge is 2.29. The van der Waals surface area contributed by atoms with E-state index in [0.29, 0.717) is 18.5 Å². The Morgan fingerprint density at radius 2 is 2.15 bits per heavy atom. The molecule has 0 aliphatic carbocycles. The molecule has 1 aliphatic rings. The van der Waals surface area contributed by atoms with E-state index in [1.807, 2.05) is 25.1 Å². The van der Waals surface area contributed by atoms with Crippen LogP contribution in [0.25, 0.3) is 0 Å². The molecule has 1 aromatic rings. The smallest absolute Gasteiger partial charge is 0.252 e. The summed E-state index contributed by atoms with van der Waals surface area (Å²) in [6.07, 6.45) is 1.56. The van der Waals surface area contributed by atoms with E-state index in [-0.39, 0.29) is 22.7 Å². The van der Waals surface area contributed by atoms with Crippen molar-refractivity contribution in [1.29, 1.82) is 0 Å². The minimum absolute atomic E-state index is 0.0557. The number of carbonyl (C=O) groups excluding carboxylic acids is 1. The van der Waals surface area contributed by atoms with E-state index in [0.717, 1.165) is 11.3 Å². The van der Waals surface area contributed by atoms with Gasteiger partial charge in [-0.1, -0.05) is 19.1 Å². The summed E-state index contributed by atoms with van der Waals surface area (Å²) < 4.78 is 23.0. The fourth-order valence-electron chi connectivity index (χ4n) is 2.12. The van der Waals surface area contributed by atoms with Gasteiger partial charge in [-0.25, -0.2) is 8.42 Å². The summed E-state index contributed by atoms with van der Waals surface area (Å²) in [6.45, 7) is 2.65. The highest BCUT2D eigenvalue weighted by atomic mass is 32.2. The third-order valence-electron chi connectivity index (χ3n) is 3.15. The lowest BCUT2D eigenvalue weighted by Gasteiger charge is -2.12. The van der Waals surface area contributed by atoms with Crippen molar-refractivity contribution in [2.45, 2.75) is 29.9 Å². The van der Waals surface area contributed by atoms with Crippen molar-refractivity contribution in [2.24, 2.45) is 0 Å². The van der Waals surface area contributed by atoms with Crippen LogP contribution in [0.4, 0.5) is 0 Å². The van der Waals surface area contributed by atoms with Gasteiger partial charge >= 0.3 is 0 Å². The second-order valence-corrected chi connectivity index (χ2v) is 8.47. The Bertz CT molecular complexity index is 584. The molecule has 110 valence electrons. The Hall–Kier alpha value is -1.01. The first-order valence-electron chi connectivity index (χ1n) is 6.76. The predicted molar refractivity (Wildman–Crippen MR) is 82.0 cm³/mol. The molecule has 0 bridgehead atoms. The third kappa shape index (κ3) is 3.99. The molecule has 0 spiro atoms. The van der Waals surface area contributed by atoms with E-state index in [2.05, 4.69) is 5.32 Å². The van der Waals surface area contributed by atoms with Gasteiger partial charge in [-0.15, -0.1) is 11.8 Å². The molecule has 0 aromatic heterocycles. The van der Waals surface area contributed by atoms with Gasteiger partial charge in [0.2, 0.25) is 0 Å². The maximum Gasteiger partial charge on any atom is 0.252 e. The van der Waals surface area contributed by atoms with Crippen LogP contribution in [0.2, 0.25) is 0 Å². The Kier molecular flexibility index (Phi) is 5.10. The van der Waals surface area contributed by atoms with Gasteiger partial charge in [-0.05, 0) is 25.0 Å². The molecule has 1 aliphatic heterocycles. The molecule has 1 aromatic carbocycles. The lowest BCUT2D eigenvalue weighted by Crippen LogP contribution is -2.24. The molecule has 1 fully saturated rings. The molecular weight excluding hydrogens is 294 g/mol. The van der Waals surface area contributed by atoms with Gasteiger partial charge < -0.3 is 5.32 Å². The molecule has 20 heavy (non-hydrogen) atoms. The van der Waals surface area contributed by atoms with Crippen molar-refractivity contribution in [3.63, 3.8) is 0 Å². The van der Waals surface area contributed by atoms with Crippen LogP contribution in [-0.2, 0) is 9.84 Å². The minimum Gasteiger partial charge on any atom is -0.352 e. The fraction of sp³-hybridized carbons (Fsp3) is 0.500. The summed E-state index contributed by atoms with van der Waals surface area (Å²) in [6, 6.07) is 7.38. The molecule has 1 amide bonds. The summed E-state index contributed by atoms with van der Waals surface area (Å²) >= 11 is 1.50. The van der Waals surface area contributed by atoms with Crippen molar-refractivity contribution in [3.05, 3.63) is 29.8 Å². The van der Waals surface area contributed by atoms with Crippen molar-refractivity contribution >= 4 is 27.5 Å². The SMILES string of the molecule is CCCNC(=O)c1ccccc1SC1CCS(=O)(=O)C1. The Morgan fingerprint density at radius 1 is 1.40 bits per heavy atom. The van der Waals surface area contributed by atoms with Crippen LogP contribution in [0.15, 0.2) is 29.2 Å². The molecule has 1 unspecified atom stereocenters. The highest BCUT2D eigenvalue weighted by molar-refractivity contribution is 8.02. The Labute approximate surface area is 124 Å². The topological polar surface area (TPSA) is 63.2 Å². The summed E-state index contributed by atoms with van der Waals surface area (Å²) in [5.41, 5.74) is 0.634. The second-order valence-electron chi connectivity index (χ2n) is 4.89. The highest BCUT2D eigenvalue weighted by Crippen LogP contribution is 2.32. The van der Waals surface area contributed by atoms with Gasteiger partial charge in [-0.2, -0.15) is 0 Å². The minimum atomic E-state index is -2.88. The average molecular weight is 313 g/mol. The normalized spacial score (nSPS) is 20.8. The quantitative estimate of drug-likeness (QED) is 0.904. The standard InChI is InChI=1S/C14H19NO3S2/c1-2-8-15-14(16)12-5-3-4-6-13(12)19-11-7-9-20(17,18)10-11/h3-6,11H,2,7-10H2,1H3,(H,15,16). The lowest BCUT2D eigenvalue weighted by atomic mass is 10.2. The number of sulfone groups is 1. The maximum absolute atomic E-state index is 12.1. The first kappa shape index (κ1) is 15.4. The number of rotatable bonds is 5. The summed E-state index contributed by atoms with van der Waals surface area (Å²) in [7, 11) is -2.88. The van der Waals surface area contributed by atoms with Gasteiger partial charge in [0.1, 0.15) is 0 Å². The molecule has 6 heteroatoms. The zero-order valence-electron chi connectivity index (χ0n) is 11.5. The van der Waals surface area contributed by atoms with E-state index in [1.54, 1.807) is 6.07 Å². The van der Waals surface area contributed by atoms with Gasteiger partial charge in [0.25, 0.3) is 5.91 Å². The van der Waals surface area contributed by atoms with Crippen LogP contribution in [-0.4, -0.2) is 37.6 Å². The molecule has 2 rings (SSSR count). The van der Waals surface area contributed by atoms with Crippen molar-refractivity contribution in [1.82, 2.24) is 5.32 Å². The predicted octanol–water partition coefficient (Wildman–Crippen LogP) is 2.11. The van der Waals surface area contributed by atoms with E-state index in [1.165, 1.54) is 11.8 Å². The van der Waals surface area contributed by atoms with Gasteiger partial charge in [0.05, 0.1) is 17.1 Å². The van der Waals surface area contributed by atoms with Gasteiger partial charge in [-0.3, -0.25) is 4.79 Å². The summed E-state index contributed by atoms with van der Waals surface area (Å²) in [4.78, 5) is 12.9. The second kappa shape index (κ2) is 6.63. The molecule has 0 saturated carbocycles. The Morgan fingerprint density at radius 3 is 2.80 bits per heavy atom. The van der Waals surface area contributed by atoms with Crippen LogP contribution in [0, 0.1) is 0 Å². The molecular formula is C14H19NO3S2. The number of amides is 1. The van der Waals surface area contributed by atoms with Crippen LogP contribution in [0.1, 0.15) is 30.1 Å². The third-order valence-corrected chi connectivity index (χ3v) is 6.48.